The first-order valence-corrected chi connectivity index (χ1v) is 5.88. The molecule has 2 aromatic rings. The molecule has 3 heteroatoms. The van der Waals surface area contributed by atoms with Crippen LogP contribution in [0.5, 0.6) is 5.75 Å². The maximum Gasteiger partial charge on any atom is 0.150 e. The standard InChI is InChI=1S/C14H16N2O/c1-16-11(8-15)9-17-14-12-5-3-2-4-10(12)6-7-13(14)16/h2-7,11H,8-9,15H2,1H3. The smallest absolute Gasteiger partial charge is 0.150 e. The van der Waals surface area contributed by atoms with Gasteiger partial charge >= 0.3 is 0 Å². The van der Waals surface area contributed by atoms with Gasteiger partial charge in [0, 0.05) is 19.0 Å². The Bertz CT molecular complexity index is 553. The van der Waals surface area contributed by atoms with Gasteiger partial charge in [0.1, 0.15) is 6.61 Å². The largest absolute Gasteiger partial charge is 0.489 e. The van der Waals surface area contributed by atoms with Crippen molar-refractivity contribution >= 4 is 16.5 Å². The summed E-state index contributed by atoms with van der Waals surface area (Å²) in [6.07, 6.45) is 0. The molecule has 0 aromatic heterocycles. The van der Waals surface area contributed by atoms with Crippen LogP contribution in [0, 0.1) is 0 Å². The topological polar surface area (TPSA) is 38.5 Å². The number of nitrogens with two attached hydrogens (primary N) is 1. The normalized spacial score (nSPS) is 18.9. The maximum absolute atomic E-state index is 5.89. The van der Waals surface area contributed by atoms with Gasteiger partial charge in [0.2, 0.25) is 0 Å². The number of benzene rings is 2. The minimum atomic E-state index is 0.267. The number of likely N-dealkylation sites (N-methyl/N-ethyl adjacent to an activating group) is 1. The first-order chi connectivity index (χ1) is 8.31. The van der Waals surface area contributed by atoms with E-state index in [9.17, 15) is 0 Å². The number of rotatable bonds is 1. The van der Waals surface area contributed by atoms with Crippen molar-refractivity contribution in [2.45, 2.75) is 6.04 Å². The van der Waals surface area contributed by atoms with Crippen molar-refractivity contribution in [3.63, 3.8) is 0 Å². The zero-order valence-corrected chi connectivity index (χ0v) is 9.89. The van der Waals surface area contributed by atoms with E-state index in [0.29, 0.717) is 13.2 Å². The Morgan fingerprint density at radius 3 is 2.94 bits per heavy atom. The van der Waals surface area contributed by atoms with Gasteiger partial charge < -0.3 is 15.4 Å². The van der Waals surface area contributed by atoms with Crippen molar-refractivity contribution in [3.8, 4) is 5.75 Å². The fourth-order valence-electron chi connectivity index (χ4n) is 2.38. The molecule has 17 heavy (non-hydrogen) atoms. The highest BCUT2D eigenvalue weighted by atomic mass is 16.5. The average Bonchev–Trinajstić information content (AvgIpc) is 2.39. The molecule has 0 radical (unpaired) electrons. The highest BCUT2D eigenvalue weighted by Crippen LogP contribution is 2.38. The van der Waals surface area contributed by atoms with E-state index in [1.165, 1.54) is 10.8 Å². The van der Waals surface area contributed by atoms with E-state index < -0.39 is 0 Å². The average molecular weight is 228 g/mol. The number of ether oxygens (including phenoxy) is 1. The maximum atomic E-state index is 5.89. The van der Waals surface area contributed by atoms with Gasteiger partial charge in [-0.3, -0.25) is 0 Å². The Labute approximate surface area is 101 Å². The number of nitrogens with zero attached hydrogens (tertiary/aromatic N) is 1. The molecule has 0 bridgehead atoms. The van der Waals surface area contributed by atoms with Gasteiger partial charge in [-0.1, -0.05) is 30.3 Å². The van der Waals surface area contributed by atoms with Gasteiger partial charge in [-0.25, -0.2) is 0 Å². The molecule has 0 spiro atoms. The number of anilines is 1. The first-order valence-electron chi connectivity index (χ1n) is 5.88. The molecule has 1 aliphatic rings. The Hall–Kier alpha value is -1.74. The third kappa shape index (κ3) is 1.54. The molecule has 2 N–H and O–H groups in total. The lowest BCUT2D eigenvalue weighted by Crippen LogP contribution is -2.45. The minimum Gasteiger partial charge on any atom is -0.489 e. The number of hydrogen-bond donors (Lipinski definition) is 1. The van der Waals surface area contributed by atoms with E-state index in [4.69, 9.17) is 10.5 Å². The van der Waals surface area contributed by atoms with Crippen molar-refractivity contribution in [1.29, 1.82) is 0 Å². The van der Waals surface area contributed by atoms with Crippen molar-refractivity contribution in [1.82, 2.24) is 0 Å². The van der Waals surface area contributed by atoms with Crippen LogP contribution in [0.4, 0.5) is 5.69 Å². The van der Waals surface area contributed by atoms with Crippen LogP contribution >= 0.6 is 0 Å². The summed E-state index contributed by atoms with van der Waals surface area (Å²) in [6.45, 7) is 1.27. The van der Waals surface area contributed by atoms with Gasteiger partial charge in [-0.05, 0) is 11.5 Å². The third-order valence-electron chi connectivity index (χ3n) is 3.48. The summed E-state index contributed by atoms with van der Waals surface area (Å²) in [5.41, 5.74) is 6.87. The molecule has 1 aliphatic heterocycles. The molecule has 3 rings (SSSR count). The highest BCUT2D eigenvalue weighted by Gasteiger charge is 2.24. The van der Waals surface area contributed by atoms with Crippen molar-refractivity contribution in [2.24, 2.45) is 5.73 Å². The SMILES string of the molecule is CN1c2ccc3ccccc3c2OCC1CN. The second-order valence-electron chi connectivity index (χ2n) is 4.45. The molecule has 0 fully saturated rings. The van der Waals surface area contributed by atoms with Crippen LogP contribution in [0.15, 0.2) is 36.4 Å². The van der Waals surface area contributed by atoms with Crippen molar-refractivity contribution < 1.29 is 4.74 Å². The molecule has 2 aromatic carbocycles. The minimum absolute atomic E-state index is 0.267. The summed E-state index contributed by atoms with van der Waals surface area (Å²) < 4.78 is 5.89. The highest BCUT2D eigenvalue weighted by molar-refractivity contribution is 5.94. The molecule has 88 valence electrons. The van der Waals surface area contributed by atoms with Crippen LogP contribution in [-0.2, 0) is 0 Å². The summed E-state index contributed by atoms with van der Waals surface area (Å²) in [5.74, 6) is 0.982. The lowest BCUT2D eigenvalue weighted by molar-refractivity contribution is 0.272. The zero-order valence-electron chi connectivity index (χ0n) is 9.89. The summed E-state index contributed by atoms with van der Waals surface area (Å²) in [5, 5.41) is 2.39. The number of hydrogen-bond acceptors (Lipinski definition) is 3. The Morgan fingerprint density at radius 2 is 2.12 bits per heavy atom. The van der Waals surface area contributed by atoms with E-state index in [0.717, 1.165) is 11.4 Å². The van der Waals surface area contributed by atoms with Gasteiger partial charge in [0.05, 0.1) is 11.7 Å². The van der Waals surface area contributed by atoms with Crippen molar-refractivity contribution in [3.05, 3.63) is 36.4 Å². The van der Waals surface area contributed by atoms with Crippen LogP contribution < -0.4 is 15.4 Å². The first kappa shape index (κ1) is 10.4. The van der Waals surface area contributed by atoms with Crippen LogP contribution in [0.25, 0.3) is 10.8 Å². The lowest BCUT2D eigenvalue weighted by atomic mass is 10.1. The van der Waals surface area contributed by atoms with E-state index in [1.54, 1.807) is 0 Å². The van der Waals surface area contributed by atoms with Gasteiger partial charge in [-0.15, -0.1) is 0 Å². The summed E-state index contributed by atoms with van der Waals surface area (Å²) in [6, 6.07) is 12.8. The van der Waals surface area contributed by atoms with E-state index in [2.05, 4.69) is 36.2 Å². The second kappa shape index (κ2) is 3.93. The molecule has 1 unspecified atom stereocenters. The van der Waals surface area contributed by atoms with E-state index in [-0.39, 0.29) is 6.04 Å². The molecular weight excluding hydrogens is 212 g/mol. The lowest BCUT2D eigenvalue weighted by Gasteiger charge is -2.35. The predicted molar refractivity (Wildman–Crippen MR) is 70.7 cm³/mol. The second-order valence-corrected chi connectivity index (χ2v) is 4.45. The summed E-state index contributed by atoms with van der Waals surface area (Å²) in [4.78, 5) is 2.21. The summed E-state index contributed by atoms with van der Waals surface area (Å²) >= 11 is 0. The molecule has 3 nitrogen and oxygen atoms in total. The molecular formula is C14H16N2O. The number of fused-ring (bicyclic) bond motifs is 3. The monoisotopic (exact) mass is 228 g/mol. The fourth-order valence-corrected chi connectivity index (χ4v) is 2.38. The summed E-state index contributed by atoms with van der Waals surface area (Å²) in [7, 11) is 2.08. The Kier molecular flexibility index (Phi) is 2.41. The quantitative estimate of drug-likeness (QED) is 0.811. The third-order valence-corrected chi connectivity index (χ3v) is 3.48. The molecule has 0 saturated heterocycles. The predicted octanol–water partition coefficient (Wildman–Crippen LogP) is 2.00. The van der Waals surface area contributed by atoms with Crippen LogP contribution in [-0.4, -0.2) is 26.2 Å². The zero-order chi connectivity index (χ0) is 11.8. The molecule has 0 saturated carbocycles. The van der Waals surface area contributed by atoms with Crippen molar-refractivity contribution in [2.75, 3.05) is 25.1 Å². The molecule has 1 heterocycles. The van der Waals surface area contributed by atoms with Crippen LogP contribution in [0.3, 0.4) is 0 Å². The van der Waals surface area contributed by atoms with Gasteiger partial charge in [0.15, 0.2) is 5.75 Å². The van der Waals surface area contributed by atoms with E-state index in [1.807, 2.05) is 12.1 Å². The molecule has 0 amide bonds. The molecule has 0 aliphatic carbocycles. The Morgan fingerprint density at radius 1 is 1.29 bits per heavy atom. The molecule has 1 atom stereocenters. The Balaban J connectivity index is 2.19. The van der Waals surface area contributed by atoms with Crippen LogP contribution in [0.2, 0.25) is 0 Å². The van der Waals surface area contributed by atoms with E-state index >= 15 is 0 Å². The fraction of sp³-hybridized carbons (Fsp3) is 0.286. The van der Waals surface area contributed by atoms with Crippen LogP contribution in [0.1, 0.15) is 0 Å². The van der Waals surface area contributed by atoms with Gasteiger partial charge in [0.25, 0.3) is 0 Å². The van der Waals surface area contributed by atoms with Gasteiger partial charge in [-0.2, -0.15) is 0 Å².